The minimum absolute atomic E-state index is 0.0907. The SMILES string of the molecule is Cc1nc2c(OC3CC3)cc(C(=O)NC[C@H](c3cc4c(c(-c5ccc(F)cc5)n3)OC[C@]4(C)C(N)=O)C3CC3)cc2cc1Cl. The molecule has 3 N–H and O–H groups in total. The highest BCUT2D eigenvalue weighted by atomic mass is 35.5. The van der Waals surface area contributed by atoms with Crippen LogP contribution in [0.1, 0.15) is 65.8 Å². The van der Waals surface area contributed by atoms with E-state index in [0.29, 0.717) is 62.6 Å². The van der Waals surface area contributed by atoms with Gasteiger partial charge >= 0.3 is 0 Å². The van der Waals surface area contributed by atoms with Crippen molar-refractivity contribution < 1.29 is 23.5 Å². The van der Waals surface area contributed by atoms with Gasteiger partial charge in [0.15, 0.2) is 0 Å². The number of rotatable bonds is 9. The molecule has 4 aromatic rings. The van der Waals surface area contributed by atoms with Crippen molar-refractivity contribution >= 4 is 34.3 Å². The Morgan fingerprint density at radius 2 is 1.89 bits per heavy atom. The molecule has 2 aromatic carbocycles. The molecule has 7 rings (SSSR count). The zero-order chi connectivity index (χ0) is 30.7. The van der Waals surface area contributed by atoms with Gasteiger partial charge in [-0.1, -0.05) is 11.6 Å². The molecule has 2 fully saturated rings. The predicted octanol–water partition coefficient (Wildman–Crippen LogP) is 6.00. The third-order valence-corrected chi connectivity index (χ3v) is 9.28. The van der Waals surface area contributed by atoms with E-state index in [4.69, 9.17) is 31.8 Å². The maximum atomic E-state index is 13.8. The molecule has 0 bridgehead atoms. The number of fused-ring (bicyclic) bond motifs is 2. The van der Waals surface area contributed by atoms with E-state index in [0.717, 1.165) is 36.8 Å². The average molecular weight is 615 g/mol. The van der Waals surface area contributed by atoms with Gasteiger partial charge in [0.05, 0.1) is 16.8 Å². The van der Waals surface area contributed by atoms with E-state index in [9.17, 15) is 14.0 Å². The van der Waals surface area contributed by atoms with E-state index in [-0.39, 0.29) is 30.4 Å². The van der Waals surface area contributed by atoms with Crippen molar-refractivity contribution in [2.24, 2.45) is 11.7 Å². The van der Waals surface area contributed by atoms with Crippen LogP contribution in [0.4, 0.5) is 4.39 Å². The van der Waals surface area contributed by atoms with Crippen LogP contribution in [-0.2, 0) is 10.2 Å². The van der Waals surface area contributed by atoms with Gasteiger partial charge in [0.1, 0.15) is 40.5 Å². The third-order valence-electron chi connectivity index (χ3n) is 8.90. The lowest BCUT2D eigenvalue weighted by atomic mass is 9.82. The first-order valence-corrected chi connectivity index (χ1v) is 15.3. The summed E-state index contributed by atoms with van der Waals surface area (Å²) in [4.78, 5) is 35.8. The first-order chi connectivity index (χ1) is 21.1. The lowest BCUT2D eigenvalue weighted by Gasteiger charge is -2.22. The lowest BCUT2D eigenvalue weighted by Crippen LogP contribution is -2.40. The first kappa shape index (κ1) is 28.5. The van der Waals surface area contributed by atoms with Crippen LogP contribution < -0.4 is 20.5 Å². The third kappa shape index (κ3) is 5.23. The maximum absolute atomic E-state index is 13.8. The highest BCUT2D eigenvalue weighted by molar-refractivity contribution is 6.31. The van der Waals surface area contributed by atoms with Crippen LogP contribution in [0.3, 0.4) is 0 Å². The standard InChI is InChI=1S/C34H32ClFN4O4/c1-17-26(35)12-20-11-21(13-28(29(20)39-17)44-23-9-10-23)32(41)38-15-24(18-3-4-18)27-14-25-31(43-16-34(25,2)33(37)42)30(40-27)19-5-7-22(36)8-6-19/h5-8,11-14,18,23-24H,3-4,9-10,15-16H2,1-2H3,(H2,37,42)(H,38,41)/t24-,34-/m0/s1. The van der Waals surface area contributed by atoms with Crippen molar-refractivity contribution in [3.05, 3.63) is 81.9 Å². The molecule has 44 heavy (non-hydrogen) atoms. The molecule has 0 spiro atoms. The minimum Gasteiger partial charge on any atom is -0.489 e. The number of nitrogens with one attached hydrogen (secondary N) is 1. The number of carbonyl (C=O) groups is 2. The fourth-order valence-electron chi connectivity index (χ4n) is 5.82. The monoisotopic (exact) mass is 614 g/mol. The average Bonchev–Trinajstić information content (AvgIpc) is 3.94. The van der Waals surface area contributed by atoms with Crippen molar-refractivity contribution in [1.82, 2.24) is 15.3 Å². The molecule has 2 aromatic heterocycles. The number of pyridine rings is 2. The Labute approximate surface area is 259 Å². The first-order valence-electron chi connectivity index (χ1n) is 14.9. The van der Waals surface area contributed by atoms with E-state index < -0.39 is 11.3 Å². The van der Waals surface area contributed by atoms with Crippen LogP contribution in [0.5, 0.6) is 11.5 Å². The van der Waals surface area contributed by atoms with Crippen molar-refractivity contribution in [3.63, 3.8) is 0 Å². The van der Waals surface area contributed by atoms with Crippen LogP contribution >= 0.6 is 11.6 Å². The smallest absolute Gasteiger partial charge is 0.251 e. The van der Waals surface area contributed by atoms with Gasteiger partial charge in [-0.15, -0.1) is 0 Å². The molecule has 0 saturated heterocycles. The number of hydrogen-bond donors (Lipinski definition) is 2. The van der Waals surface area contributed by atoms with Gasteiger partial charge in [-0.05, 0) is 94.0 Å². The van der Waals surface area contributed by atoms with Gasteiger partial charge in [-0.2, -0.15) is 0 Å². The number of ether oxygens (including phenoxy) is 2. The van der Waals surface area contributed by atoms with Gasteiger partial charge in [0.2, 0.25) is 5.91 Å². The number of amides is 2. The molecule has 10 heteroatoms. The molecule has 3 aliphatic rings. The number of aryl methyl sites for hydroxylation is 1. The minimum atomic E-state index is -1.05. The summed E-state index contributed by atoms with van der Waals surface area (Å²) < 4.78 is 25.9. The molecule has 2 aliphatic carbocycles. The summed E-state index contributed by atoms with van der Waals surface area (Å²) in [6.45, 7) is 4.02. The molecule has 2 saturated carbocycles. The summed E-state index contributed by atoms with van der Waals surface area (Å²) in [7, 11) is 0. The van der Waals surface area contributed by atoms with Gasteiger partial charge in [-0.3, -0.25) is 9.59 Å². The highest BCUT2D eigenvalue weighted by Crippen LogP contribution is 2.48. The fraction of sp³-hybridized carbons (Fsp3) is 0.353. The quantitative estimate of drug-likeness (QED) is 0.239. The molecular weight excluding hydrogens is 583 g/mol. The van der Waals surface area contributed by atoms with E-state index in [1.807, 2.05) is 19.1 Å². The highest BCUT2D eigenvalue weighted by Gasteiger charge is 2.45. The normalized spacial score (nSPS) is 19.7. The topological polar surface area (TPSA) is 116 Å². The maximum Gasteiger partial charge on any atom is 0.251 e. The summed E-state index contributed by atoms with van der Waals surface area (Å²) in [5.41, 5.74) is 9.21. The van der Waals surface area contributed by atoms with E-state index >= 15 is 0 Å². The number of aromatic nitrogens is 2. The molecular formula is C34H32ClFN4O4. The molecule has 2 atom stereocenters. The van der Waals surface area contributed by atoms with Crippen molar-refractivity contribution in [3.8, 4) is 22.8 Å². The van der Waals surface area contributed by atoms with E-state index in [1.54, 1.807) is 31.2 Å². The Bertz CT molecular complexity index is 1820. The van der Waals surface area contributed by atoms with Crippen molar-refractivity contribution in [1.29, 1.82) is 0 Å². The largest absolute Gasteiger partial charge is 0.489 e. The number of primary amides is 1. The van der Waals surface area contributed by atoms with E-state index in [2.05, 4.69) is 10.3 Å². The number of hydrogen-bond acceptors (Lipinski definition) is 6. The fourth-order valence-corrected chi connectivity index (χ4v) is 5.98. The number of carbonyl (C=O) groups excluding carboxylic acids is 2. The van der Waals surface area contributed by atoms with Crippen molar-refractivity contribution in [2.75, 3.05) is 13.2 Å². The molecule has 8 nitrogen and oxygen atoms in total. The number of benzene rings is 2. The zero-order valence-corrected chi connectivity index (χ0v) is 25.2. The Balaban J connectivity index is 1.22. The molecule has 0 unspecified atom stereocenters. The molecule has 226 valence electrons. The van der Waals surface area contributed by atoms with Crippen LogP contribution in [0.25, 0.3) is 22.2 Å². The summed E-state index contributed by atoms with van der Waals surface area (Å²) in [5, 5.41) is 4.38. The number of nitrogens with two attached hydrogens (primary N) is 1. The second kappa shape index (κ2) is 10.7. The Hall–Kier alpha value is -4.24. The summed E-state index contributed by atoms with van der Waals surface area (Å²) in [6.07, 6.45) is 4.06. The Kier molecular flexibility index (Phi) is 6.96. The zero-order valence-electron chi connectivity index (χ0n) is 24.5. The van der Waals surface area contributed by atoms with Gasteiger partial charge in [-0.25, -0.2) is 14.4 Å². The van der Waals surface area contributed by atoms with E-state index in [1.165, 1.54) is 12.1 Å². The Morgan fingerprint density at radius 3 is 2.57 bits per heavy atom. The predicted molar refractivity (Wildman–Crippen MR) is 165 cm³/mol. The van der Waals surface area contributed by atoms with Crippen LogP contribution in [0, 0.1) is 18.7 Å². The van der Waals surface area contributed by atoms with Crippen LogP contribution in [-0.4, -0.2) is 41.0 Å². The van der Waals surface area contributed by atoms with Gasteiger partial charge in [0.25, 0.3) is 5.91 Å². The molecule has 3 heterocycles. The lowest BCUT2D eigenvalue weighted by molar-refractivity contribution is -0.123. The molecule has 2 amide bonds. The number of halogens is 2. The second-order valence-electron chi connectivity index (χ2n) is 12.3. The molecule has 0 radical (unpaired) electrons. The van der Waals surface area contributed by atoms with Crippen molar-refractivity contribution in [2.45, 2.75) is 57.0 Å². The van der Waals surface area contributed by atoms with Crippen LogP contribution in [0.15, 0.2) is 48.5 Å². The van der Waals surface area contributed by atoms with Crippen LogP contribution in [0.2, 0.25) is 5.02 Å². The Morgan fingerprint density at radius 1 is 1.14 bits per heavy atom. The number of nitrogens with zero attached hydrogens (tertiary/aromatic N) is 2. The van der Waals surface area contributed by atoms with Gasteiger partial charge < -0.3 is 20.5 Å². The summed E-state index contributed by atoms with van der Waals surface area (Å²) >= 11 is 6.38. The molecule has 1 aliphatic heterocycles. The van der Waals surface area contributed by atoms with Gasteiger partial charge in [0, 0.05) is 40.2 Å². The summed E-state index contributed by atoms with van der Waals surface area (Å²) in [5.74, 6) is 0.115. The summed E-state index contributed by atoms with van der Waals surface area (Å²) in [6, 6.07) is 13.3. The second-order valence-corrected chi connectivity index (χ2v) is 12.7.